The summed E-state index contributed by atoms with van der Waals surface area (Å²) in [5.74, 6) is -1.18. The third-order valence-electron chi connectivity index (χ3n) is 2.18. The Morgan fingerprint density at radius 2 is 2.06 bits per heavy atom. The van der Waals surface area contributed by atoms with Gasteiger partial charge in [-0.25, -0.2) is 8.42 Å². The lowest BCUT2D eigenvalue weighted by atomic mass is 10.3. The van der Waals surface area contributed by atoms with Gasteiger partial charge in [-0.05, 0) is 24.8 Å². The summed E-state index contributed by atoms with van der Waals surface area (Å²) in [6.45, 7) is 0. The summed E-state index contributed by atoms with van der Waals surface area (Å²) in [6.07, 6.45) is 1.81. The number of hydrogen-bond acceptors (Lipinski definition) is 4. The number of rotatable bonds is 7. The van der Waals surface area contributed by atoms with E-state index in [2.05, 4.69) is 4.72 Å². The van der Waals surface area contributed by atoms with Crippen LogP contribution in [0.3, 0.4) is 0 Å². The second kappa shape index (κ2) is 6.65. The minimum absolute atomic E-state index is 0.103. The molecule has 0 saturated carbocycles. The fourth-order valence-corrected chi connectivity index (χ4v) is 3.12. The first kappa shape index (κ1) is 14.8. The number of nitrogens with one attached hydrogen (secondary N) is 1. The van der Waals surface area contributed by atoms with E-state index in [0.717, 1.165) is 4.90 Å². The zero-order valence-corrected chi connectivity index (χ0v) is 11.6. The monoisotopic (exact) mass is 289 g/mol. The Balaban J connectivity index is 2.67. The van der Waals surface area contributed by atoms with Crippen LogP contribution < -0.4 is 4.72 Å². The molecule has 0 amide bonds. The fourth-order valence-electron chi connectivity index (χ4n) is 1.36. The van der Waals surface area contributed by atoms with Crippen LogP contribution in [0.25, 0.3) is 0 Å². The summed E-state index contributed by atoms with van der Waals surface area (Å²) < 4.78 is 25.9. The van der Waals surface area contributed by atoms with Crippen molar-refractivity contribution in [2.45, 2.75) is 17.7 Å². The summed E-state index contributed by atoms with van der Waals surface area (Å²) >= 11 is 1.44. The van der Waals surface area contributed by atoms with Gasteiger partial charge in [0, 0.05) is 11.3 Å². The van der Waals surface area contributed by atoms with Gasteiger partial charge in [-0.1, -0.05) is 12.1 Å². The molecule has 0 aliphatic rings. The van der Waals surface area contributed by atoms with Gasteiger partial charge in [0.05, 0.1) is 11.4 Å². The molecule has 0 atom stereocenters. The zero-order valence-electron chi connectivity index (χ0n) is 9.92. The van der Waals surface area contributed by atoms with Crippen LogP contribution in [-0.2, 0) is 14.8 Å². The van der Waals surface area contributed by atoms with E-state index in [1.165, 1.54) is 11.8 Å². The van der Waals surface area contributed by atoms with E-state index in [9.17, 15) is 13.2 Å². The van der Waals surface area contributed by atoms with Crippen molar-refractivity contribution in [3.05, 3.63) is 24.3 Å². The standard InChI is InChI=1S/C11H15NO4S2/c1-17-10-6-3-2-5-9(10)12-18(15,16)8-4-7-11(13)14/h2-3,5-6,12H,4,7-8H2,1H3,(H,13,14). The number of carboxylic acids is 1. The van der Waals surface area contributed by atoms with Crippen molar-refractivity contribution < 1.29 is 18.3 Å². The molecule has 1 aromatic carbocycles. The number of anilines is 1. The van der Waals surface area contributed by atoms with Crippen molar-refractivity contribution in [3.63, 3.8) is 0 Å². The molecule has 1 rings (SSSR count). The Labute approximate surface area is 111 Å². The van der Waals surface area contributed by atoms with E-state index < -0.39 is 16.0 Å². The molecule has 2 N–H and O–H groups in total. The maximum atomic E-state index is 11.7. The number of carboxylic acid groups (broad SMARTS) is 1. The van der Waals surface area contributed by atoms with Gasteiger partial charge in [-0.2, -0.15) is 0 Å². The smallest absolute Gasteiger partial charge is 0.303 e. The molecule has 1 aromatic rings. The third kappa shape index (κ3) is 4.97. The van der Waals surface area contributed by atoms with Gasteiger partial charge in [0.15, 0.2) is 0 Å². The molecule has 0 aromatic heterocycles. The molecule has 5 nitrogen and oxygen atoms in total. The summed E-state index contributed by atoms with van der Waals surface area (Å²) in [5.41, 5.74) is 0.528. The largest absolute Gasteiger partial charge is 0.481 e. The first-order valence-corrected chi connectivity index (χ1v) is 8.17. The molecule has 0 spiro atoms. The first-order chi connectivity index (χ1) is 8.44. The average molecular weight is 289 g/mol. The highest BCUT2D eigenvalue weighted by Gasteiger charge is 2.13. The second-order valence-electron chi connectivity index (χ2n) is 3.62. The van der Waals surface area contributed by atoms with E-state index in [4.69, 9.17) is 5.11 Å². The van der Waals surface area contributed by atoms with Gasteiger partial charge < -0.3 is 5.11 Å². The van der Waals surface area contributed by atoms with E-state index in [-0.39, 0.29) is 18.6 Å². The van der Waals surface area contributed by atoms with Crippen LogP contribution in [0.2, 0.25) is 0 Å². The van der Waals surface area contributed by atoms with E-state index in [0.29, 0.717) is 5.69 Å². The Bertz CT molecular complexity index is 514. The number of benzene rings is 1. The van der Waals surface area contributed by atoms with Crippen LogP contribution in [0.1, 0.15) is 12.8 Å². The van der Waals surface area contributed by atoms with Crippen molar-refractivity contribution in [1.82, 2.24) is 0 Å². The minimum atomic E-state index is -3.49. The predicted octanol–water partition coefficient (Wildman–Crippen LogP) is 2.01. The zero-order chi connectivity index (χ0) is 13.6. The minimum Gasteiger partial charge on any atom is -0.481 e. The number of sulfonamides is 1. The highest BCUT2D eigenvalue weighted by atomic mass is 32.2. The molecule has 0 unspecified atom stereocenters. The first-order valence-electron chi connectivity index (χ1n) is 5.30. The van der Waals surface area contributed by atoms with E-state index in [1.54, 1.807) is 12.1 Å². The molecule has 0 radical (unpaired) electrons. The summed E-state index contributed by atoms with van der Waals surface area (Å²) in [7, 11) is -3.49. The maximum Gasteiger partial charge on any atom is 0.303 e. The van der Waals surface area contributed by atoms with Gasteiger partial charge in [0.25, 0.3) is 0 Å². The molecule has 0 heterocycles. The molecule has 0 fully saturated rings. The molecule has 0 bridgehead atoms. The lowest BCUT2D eigenvalue weighted by Gasteiger charge is -2.10. The van der Waals surface area contributed by atoms with Crippen LogP contribution >= 0.6 is 11.8 Å². The van der Waals surface area contributed by atoms with E-state index in [1.807, 2.05) is 18.4 Å². The third-order valence-corrected chi connectivity index (χ3v) is 4.33. The predicted molar refractivity (Wildman–Crippen MR) is 72.5 cm³/mol. The van der Waals surface area contributed by atoms with Gasteiger partial charge in [-0.3, -0.25) is 9.52 Å². The number of para-hydroxylation sites is 1. The lowest BCUT2D eigenvalue weighted by Crippen LogP contribution is -2.17. The summed E-state index contributed by atoms with van der Waals surface area (Å²) in [5, 5.41) is 8.46. The molecule has 7 heteroatoms. The summed E-state index contributed by atoms with van der Waals surface area (Å²) in [6, 6.07) is 7.07. The second-order valence-corrected chi connectivity index (χ2v) is 6.31. The Kier molecular flexibility index (Phi) is 5.49. The Hall–Kier alpha value is -1.21. The molecule has 0 aliphatic carbocycles. The number of carbonyl (C=O) groups is 1. The number of thioether (sulfide) groups is 1. The van der Waals surface area contributed by atoms with Crippen molar-refractivity contribution >= 4 is 33.4 Å². The normalized spacial score (nSPS) is 11.2. The van der Waals surface area contributed by atoms with Gasteiger partial charge in [0.1, 0.15) is 0 Å². The van der Waals surface area contributed by atoms with E-state index >= 15 is 0 Å². The molecule has 0 aliphatic heterocycles. The van der Waals surface area contributed by atoms with Crippen LogP contribution in [-0.4, -0.2) is 31.5 Å². The lowest BCUT2D eigenvalue weighted by molar-refractivity contribution is -0.137. The quantitative estimate of drug-likeness (QED) is 0.750. The summed E-state index contributed by atoms with van der Waals surface area (Å²) in [4.78, 5) is 11.2. The van der Waals surface area contributed by atoms with Crippen LogP contribution in [0, 0.1) is 0 Å². The highest BCUT2D eigenvalue weighted by Crippen LogP contribution is 2.25. The van der Waals surface area contributed by atoms with Crippen molar-refractivity contribution in [1.29, 1.82) is 0 Å². The van der Waals surface area contributed by atoms with Gasteiger partial charge in [0.2, 0.25) is 10.0 Å². The molecule has 100 valence electrons. The fraction of sp³-hybridized carbons (Fsp3) is 0.364. The highest BCUT2D eigenvalue weighted by molar-refractivity contribution is 7.99. The van der Waals surface area contributed by atoms with Crippen LogP contribution in [0.4, 0.5) is 5.69 Å². The van der Waals surface area contributed by atoms with Crippen molar-refractivity contribution in [2.75, 3.05) is 16.7 Å². The average Bonchev–Trinajstić information content (AvgIpc) is 2.28. The van der Waals surface area contributed by atoms with Gasteiger partial charge in [-0.15, -0.1) is 11.8 Å². The van der Waals surface area contributed by atoms with Crippen LogP contribution in [0.15, 0.2) is 29.2 Å². The molecular weight excluding hydrogens is 274 g/mol. The van der Waals surface area contributed by atoms with Gasteiger partial charge >= 0.3 is 5.97 Å². The topological polar surface area (TPSA) is 83.5 Å². The van der Waals surface area contributed by atoms with Crippen LogP contribution in [0.5, 0.6) is 0 Å². The maximum absolute atomic E-state index is 11.7. The molecule has 18 heavy (non-hydrogen) atoms. The van der Waals surface area contributed by atoms with Crippen molar-refractivity contribution in [3.8, 4) is 0 Å². The number of aliphatic carboxylic acids is 1. The SMILES string of the molecule is CSc1ccccc1NS(=O)(=O)CCCC(=O)O. The Morgan fingerprint density at radius 1 is 1.39 bits per heavy atom. The molecular formula is C11H15NO4S2. The van der Waals surface area contributed by atoms with Crippen molar-refractivity contribution in [2.24, 2.45) is 0 Å². The number of hydrogen-bond donors (Lipinski definition) is 2. The molecule has 0 saturated heterocycles. The Morgan fingerprint density at radius 3 is 2.67 bits per heavy atom.